The van der Waals surface area contributed by atoms with Gasteiger partial charge >= 0.3 is 18.0 Å². The Morgan fingerprint density at radius 1 is 0.852 bits per heavy atom. The van der Waals surface area contributed by atoms with Gasteiger partial charge in [0.1, 0.15) is 17.9 Å². The van der Waals surface area contributed by atoms with Crippen molar-refractivity contribution in [1.29, 1.82) is 0 Å². The molecule has 142 valence electrons. The lowest BCUT2D eigenvalue weighted by atomic mass is 10.0. The molecule has 1 heterocycles. The summed E-state index contributed by atoms with van der Waals surface area (Å²) < 4.78 is 88.5. The van der Waals surface area contributed by atoms with E-state index in [-0.39, 0.29) is 12.4 Å². The van der Waals surface area contributed by atoms with Gasteiger partial charge in [0.05, 0.1) is 5.56 Å². The highest BCUT2D eigenvalue weighted by Gasteiger charge is 2.47. The van der Waals surface area contributed by atoms with Crippen LogP contribution >= 0.6 is 0 Å². The number of fused-ring (bicyclic) bond motifs is 1. The molecule has 3 rings (SSSR count). The van der Waals surface area contributed by atoms with Crippen molar-refractivity contribution in [3.63, 3.8) is 0 Å². The summed E-state index contributed by atoms with van der Waals surface area (Å²) in [6.45, 7) is 0.0728. The van der Waals surface area contributed by atoms with E-state index in [0.717, 1.165) is 23.8 Å². The van der Waals surface area contributed by atoms with Gasteiger partial charge in [-0.05, 0) is 17.7 Å². The zero-order chi connectivity index (χ0) is 19.8. The Labute approximate surface area is 147 Å². The fourth-order valence-electron chi connectivity index (χ4n) is 2.56. The molecule has 0 aliphatic heterocycles. The summed E-state index contributed by atoms with van der Waals surface area (Å²) in [5.74, 6) is 0.0439. The standard InChI is InChI=1S/C18H10F6O3/c19-17(20,21)14-12-7-6-11(26-9-10-4-2-1-3-5-10)8-13(12)27-16(25)15(14)18(22,23)24/h1-8H,9H2. The van der Waals surface area contributed by atoms with Crippen molar-refractivity contribution in [3.05, 3.63) is 75.6 Å². The molecule has 0 saturated heterocycles. The monoisotopic (exact) mass is 388 g/mol. The molecule has 0 bridgehead atoms. The lowest BCUT2D eigenvalue weighted by Crippen LogP contribution is -2.25. The van der Waals surface area contributed by atoms with Crippen molar-refractivity contribution in [2.45, 2.75) is 19.0 Å². The second-order valence-electron chi connectivity index (χ2n) is 5.57. The summed E-state index contributed by atoms with van der Waals surface area (Å²) in [6.07, 6.45) is -10.9. The highest BCUT2D eigenvalue weighted by molar-refractivity contribution is 5.83. The Kier molecular flexibility index (Phi) is 4.63. The topological polar surface area (TPSA) is 39.4 Å². The third-order valence-corrected chi connectivity index (χ3v) is 3.69. The Morgan fingerprint density at radius 3 is 2.07 bits per heavy atom. The predicted molar refractivity (Wildman–Crippen MR) is 83.3 cm³/mol. The third kappa shape index (κ3) is 3.91. The van der Waals surface area contributed by atoms with Gasteiger partial charge in [-0.15, -0.1) is 0 Å². The average Bonchev–Trinajstić information content (AvgIpc) is 2.57. The minimum absolute atomic E-state index is 0.0439. The number of halogens is 6. The van der Waals surface area contributed by atoms with E-state index in [1.54, 1.807) is 30.3 Å². The van der Waals surface area contributed by atoms with E-state index in [9.17, 15) is 31.1 Å². The molecule has 0 aliphatic rings. The SMILES string of the molecule is O=c1oc2cc(OCc3ccccc3)ccc2c(C(F)(F)F)c1C(F)(F)F. The largest absolute Gasteiger partial charge is 0.489 e. The van der Waals surface area contributed by atoms with Crippen LogP contribution in [0.5, 0.6) is 5.75 Å². The van der Waals surface area contributed by atoms with Crippen LogP contribution in [-0.4, -0.2) is 0 Å². The van der Waals surface area contributed by atoms with Crippen molar-refractivity contribution < 1.29 is 35.5 Å². The zero-order valence-electron chi connectivity index (χ0n) is 13.3. The Hall–Kier alpha value is -2.97. The summed E-state index contributed by atoms with van der Waals surface area (Å²) in [7, 11) is 0. The van der Waals surface area contributed by atoms with Crippen LogP contribution in [0.15, 0.2) is 57.7 Å². The van der Waals surface area contributed by atoms with Crippen LogP contribution in [0, 0.1) is 0 Å². The molecule has 0 N–H and O–H groups in total. The number of benzene rings is 2. The van der Waals surface area contributed by atoms with Crippen molar-refractivity contribution in [3.8, 4) is 5.75 Å². The van der Waals surface area contributed by atoms with Gasteiger partial charge < -0.3 is 9.15 Å². The van der Waals surface area contributed by atoms with Crippen LogP contribution in [0.2, 0.25) is 0 Å². The van der Waals surface area contributed by atoms with Gasteiger partial charge in [0.2, 0.25) is 0 Å². The summed E-state index contributed by atoms with van der Waals surface area (Å²) in [4.78, 5) is 11.6. The van der Waals surface area contributed by atoms with Crippen molar-refractivity contribution >= 4 is 11.0 Å². The molecular weight excluding hydrogens is 378 g/mol. The van der Waals surface area contributed by atoms with Crippen LogP contribution in [0.25, 0.3) is 11.0 Å². The highest BCUT2D eigenvalue weighted by Crippen LogP contribution is 2.42. The second kappa shape index (κ2) is 6.64. The van der Waals surface area contributed by atoms with E-state index in [1.807, 2.05) is 0 Å². The number of rotatable bonds is 3. The van der Waals surface area contributed by atoms with E-state index in [2.05, 4.69) is 4.42 Å². The maximum absolute atomic E-state index is 13.2. The maximum atomic E-state index is 13.2. The van der Waals surface area contributed by atoms with Gasteiger partial charge in [0.15, 0.2) is 5.56 Å². The minimum Gasteiger partial charge on any atom is -0.489 e. The molecule has 0 fully saturated rings. The summed E-state index contributed by atoms with van der Waals surface area (Å²) in [5, 5.41) is -0.874. The van der Waals surface area contributed by atoms with E-state index in [4.69, 9.17) is 4.74 Å². The van der Waals surface area contributed by atoms with Gasteiger partial charge in [-0.25, -0.2) is 4.79 Å². The van der Waals surface area contributed by atoms with Gasteiger partial charge in [-0.2, -0.15) is 26.3 Å². The Bertz CT molecular complexity index is 1020. The molecule has 27 heavy (non-hydrogen) atoms. The first-order valence-electron chi connectivity index (χ1n) is 7.49. The number of hydrogen-bond acceptors (Lipinski definition) is 3. The molecule has 9 heteroatoms. The van der Waals surface area contributed by atoms with Gasteiger partial charge in [0, 0.05) is 11.5 Å². The van der Waals surface area contributed by atoms with Crippen LogP contribution in [0.1, 0.15) is 16.7 Å². The number of hydrogen-bond donors (Lipinski definition) is 0. The first-order chi connectivity index (χ1) is 12.6. The molecule has 3 nitrogen and oxygen atoms in total. The molecule has 2 aromatic carbocycles. The van der Waals surface area contributed by atoms with Crippen LogP contribution in [0.3, 0.4) is 0 Å². The first kappa shape index (κ1) is 18.8. The Balaban J connectivity index is 2.09. The van der Waals surface area contributed by atoms with Crippen LogP contribution < -0.4 is 10.4 Å². The summed E-state index contributed by atoms with van der Waals surface area (Å²) in [6, 6.07) is 11.6. The lowest BCUT2D eigenvalue weighted by molar-refractivity contribution is -0.162. The smallest absolute Gasteiger partial charge is 0.424 e. The first-order valence-corrected chi connectivity index (χ1v) is 7.49. The molecule has 0 unspecified atom stereocenters. The van der Waals surface area contributed by atoms with Crippen molar-refractivity contribution in [1.82, 2.24) is 0 Å². The zero-order valence-corrected chi connectivity index (χ0v) is 13.3. The van der Waals surface area contributed by atoms with E-state index in [1.165, 1.54) is 0 Å². The molecule has 0 saturated carbocycles. The van der Waals surface area contributed by atoms with E-state index >= 15 is 0 Å². The molecule has 3 aromatic rings. The molecule has 0 atom stereocenters. The quantitative estimate of drug-likeness (QED) is 0.445. The lowest BCUT2D eigenvalue weighted by Gasteiger charge is -2.16. The number of alkyl halides is 6. The van der Waals surface area contributed by atoms with E-state index in [0.29, 0.717) is 0 Å². The summed E-state index contributed by atoms with van der Waals surface area (Å²) in [5.41, 5.74) is -6.44. The fraction of sp³-hybridized carbons (Fsp3) is 0.167. The normalized spacial score (nSPS) is 12.4. The van der Waals surface area contributed by atoms with Crippen molar-refractivity contribution in [2.24, 2.45) is 0 Å². The third-order valence-electron chi connectivity index (χ3n) is 3.69. The van der Waals surface area contributed by atoms with Crippen LogP contribution in [0.4, 0.5) is 26.3 Å². The van der Waals surface area contributed by atoms with Gasteiger partial charge in [-0.3, -0.25) is 0 Å². The van der Waals surface area contributed by atoms with E-state index < -0.39 is 40.1 Å². The van der Waals surface area contributed by atoms with Gasteiger partial charge in [-0.1, -0.05) is 30.3 Å². The predicted octanol–water partition coefficient (Wildman–Crippen LogP) is 5.41. The molecular formula is C18H10F6O3. The molecule has 0 radical (unpaired) electrons. The van der Waals surface area contributed by atoms with Crippen LogP contribution in [-0.2, 0) is 19.0 Å². The fourth-order valence-corrected chi connectivity index (χ4v) is 2.56. The average molecular weight is 388 g/mol. The molecule has 0 amide bonds. The number of ether oxygens (including phenoxy) is 1. The molecule has 0 aliphatic carbocycles. The second-order valence-corrected chi connectivity index (χ2v) is 5.57. The minimum atomic E-state index is -5.51. The highest BCUT2D eigenvalue weighted by atomic mass is 19.4. The van der Waals surface area contributed by atoms with Gasteiger partial charge in [0.25, 0.3) is 0 Å². The maximum Gasteiger partial charge on any atom is 0.424 e. The van der Waals surface area contributed by atoms with Crippen molar-refractivity contribution in [2.75, 3.05) is 0 Å². The molecule has 0 spiro atoms. The summed E-state index contributed by atoms with van der Waals surface area (Å²) >= 11 is 0. The molecule has 1 aromatic heterocycles. The Morgan fingerprint density at radius 2 is 1.48 bits per heavy atom.